The van der Waals surface area contributed by atoms with Crippen molar-refractivity contribution in [3.05, 3.63) is 42.0 Å². The van der Waals surface area contributed by atoms with Crippen molar-refractivity contribution in [2.24, 2.45) is 5.92 Å². The van der Waals surface area contributed by atoms with Gasteiger partial charge in [0.05, 0.1) is 5.69 Å². The van der Waals surface area contributed by atoms with E-state index < -0.39 is 0 Å². The number of nitrogens with zero attached hydrogens (tertiary/aromatic N) is 3. The Hall–Kier alpha value is -2.43. The van der Waals surface area contributed by atoms with Crippen LogP contribution in [-0.2, 0) is 4.79 Å². The molecule has 0 saturated carbocycles. The van der Waals surface area contributed by atoms with Gasteiger partial charge in [-0.2, -0.15) is 0 Å². The third-order valence-electron chi connectivity index (χ3n) is 5.23. The fraction of sp³-hybridized carbons (Fsp3) is 0.500. The molecule has 0 radical (unpaired) electrons. The third kappa shape index (κ3) is 5.28. The summed E-state index contributed by atoms with van der Waals surface area (Å²) in [6.07, 6.45) is 5.18. The predicted molar refractivity (Wildman–Crippen MR) is 110 cm³/mol. The molecular weight excluding hydrogens is 336 g/mol. The van der Waals surface area contributed by atoms with Crippen LogP contribution in [0.1, 0.15) is 44.6 Å². The standard InChI is InChI=1S/C22H30N4O/c1-3-4-5-13-23-22(27)18-11-14-26(15-12-18)21-10-9-20(24-25-21)19-8-6-7-17(2)16-19/h6-10,16,18H,3-5,11-15H2,1-2H3,(H,23,27). The lowest BCUT2D eigenvalue weighted by molar-refractivity contribution is -0.125. The van der Waals surface area contributed by atoms with E-state index in [-0.39, 0.29) is 11.8 Å². The van der Waals surface area contributed by atoms with E-state index in [2.05, 4.69) is 52.5 Å². The maximum Gasteiger partial charge on any atom is 0.223 e. The van der Waals surface area contributed by atoms with Gasteiger partial charge in [-0.05, 0) is 44.4 Å². The maximum atomic E-state index is 12.3. The third-order valence-corrected chi connectivity index (χ3v) is 5.23. The summed E-state index contributed by atoms with van der Waals surface area (Å²) in [5, 5.41) is 11.9. The number of anilines is 1. The second-order valence-corrected chi connectivity index (χ2v) is 7.41. The Morgan fingerprint density at radius 2 is 1.96 bits per heavy atom. The second kappa shape index (κ2) is 9.49. The second-order valence-electron chi connectivity index (χ2n) is 7.41. The summed E-state index contributed by atoms with van der Waals surface area (Å²) in [7, 11) is 0. The average Bonchev–Trinajstić information content (AvgIpc) is 2.71. The first-order chi connectivity index (χ1) is 13.2. The van der Waals surface area contributed by atoms with Gasteiger partial charge in [0.2, 0.25) is 5.91 Å². The van der Waals surface area contributed by atoms with Crippen LogP contribution in [0.15, 0.2) is 36.4 Å². The molecule has 2 heterocycles. The number of amides is 1. The molecule has 0 unspecified atom stereocenters. The van der Waals surface area contributed by atoms with Gasteiger partial charge in [-0.15, -0.1) is 10.2 Å². The van der Waals surface area contributed by atoms with Crippen molar-refractivity contribution in [3.63, 3.8) is 0 Å². The molecule has 0 bridgehead atoms. The first-order valence-electron chi connectivity index (χ1n) is 10.1. The molecule has 1 amide bonds. The summed E-state index contributed by atoms with van der Waals surface area (Å²) in [6.45, 7) is 6.76. The van der Waals surface area contributed by atoms with Gasteiger partial charge in [0.15, 0.2) is 5.82 Å². The Morgan fingerprint density at radius 3 is 2.63 bits per heavy atom. The van der Waals surface area contributed by atoms with Crippen molar-refractivity contribution in [3.8, 4) is 11.3 Å². The normalized spacial score (nSPS) is 15.0. The van der Waals surface area contributed by atoms with E-state index in [1.165, 1.54) is 18.4 Å². The zero-order valence-corrected chi connectivity index (χ0v) is 16.4. The monoisotopic (exact) mass is 366 g/mol. The fourth-order valence-electron chi connectivity index (χ4n) is 3.55. The molecule has 1 aliphatic heterocycles. The Labute approximate surface area is 162 Å². The smallest absolute Gasteiger partial charge is 0.223 e. The largest absolute Gasteiger partial charge is 0.356 e. The highest BCUT2D eigenvalue weighted by atomic mass is 16.1. The topological polar surface area (TPSA) is 58.1 Å². The highest BCUT2D eigenvalue weighted by Crippen LogP contribution is 2.24. The summed E-state index contributed by atoms with van der Waals surface area (Å²) in [5.74, 6) is 1.24. The zero-order chi connectivity index (χ0) is 19.1. The lowest BCUT2D eigenvalue weighted by Crippen LogP contribution is -2.41. The molecule has 27 heavy (non-hydrogen) atoms. The Bertz CT molecular complexity index is 736. The number of carbonyl (C=O) groups excluding carboxylic acids is 1. The molecule has 1 N–H and O–H groups in total. The van der Waals surface area contributed by atoms with Gasteiger partial charge < -0.3 is 10.2 Å². The molecule has 144 valence electrons. The number of aryl methyl sites for hydroxylation is 1. The Balaban J connectivity index is 1.51. The number of hydrogen-bond donors (Lipinski definition) is 1. The van der Waals surface area contributed by atoms with Gasteiger partial charge in [0.25, 0.3) is 0 Å². The minimum Gasteiger partial charge on any atom is -0.356 e. The number of rotatable bonds is 7. The van der Waals surface area contributed by atoms with Crippen molar-refractivity contribution in [1.29, 1.82) is 0 Å². The molecule has 1 fully saturated rings. The molecule has 1 aliphatic rings. The molecule has 5 heteroatoms. The minimum atomic E-state index is 0.127. The number of carbonyl (C=O) groups is 1. The van der Waals surface area contributed by atoms with Gasteiger partial charge in [-0.1, -0.05) is 43.5 Å². The van der Waals surface area contributed by atoms with E-state index in [4.69, 9.17) is 0 Å². The number of benzene rings is 1. The van der Waals surface area contributed by atoms with Crippen LogP contribution in [0, 0.1) is 12.8 Å². The molecule has 0 atom stereocenters. The maximum absolute atomic E-state index is 12.3. The Kier molecular flexibility index (Phi) is 6.80. The minimum absolute atomic E-state index is 0.127. The summed E-state index contributed by atoms with van der Waals surface area (Å²) in [4.78, 5) is 14.5. The van der Waals surface area contributed by atoms with E-state index in [0.29, 0.717) is 0 Å². The Morgan fingerprint density at radius 1 is 1.15 bits per heavy atom. The first-order valence-corrected chi connectivity index (χ1v) is 10.1. The summed E-state index contributed by atoms with van der Waals surface area (Å²) < 4.78 is 0. The first kappa shape index (κ1) is 19.3. The predicted octanol–water partition coefficient (Wildman–Crippen LogP) is 3.97. The molecule has 0 aliphatic carbocycles. The van der Waals surface area contributed by atoms with Crippen LogP contribution in [0.3, 0.4) is 0 Å². The van der Waals surface area contributed by atoms with Crippen molar-refractivity contribution in [2.75, 3.05) is 24.5 Å². The molecule has 1 aromatic carbocycles. The van der Waals surface area contributed by atoms with E-state index in [1.54, 1.807) is 0 Å². The number of nitrogens with one attached hydrogen (secondary N) is 1. The van der Waals surface area contributed by atoms with Crippen molar-refractivity contribution >= 4 is 11.7 Å². The van der Waals surface area contributed by atoms with Gasteiger partial charge in [0, 0.05) is 31.1 Å². The lowest BCUT2D eigenvalue weighted by Gasteiger charge is -2.31. The van der Waals surface area contributed by atoms with E-state index in [9.17, 15) is 4.79 Å². The molecule has 5 nitrogen and oxygen atoms in total. The lowest BCUT2D eigenvalue weighted by atomic mass is 9.96. The molecular formula is C22H30N4O. The van der Waals surface area contributed by atoms with Gasteiger partial charge in [0.1, 0.15) is 0 Å². The zero-order valence-electron chi connectivity index (χ0n) is 16.4. The number of aromatic nitrogens is 2. The molecule has 2 aromatic rings. The van der Waals surface area contributed by atoms with Crippen LogP contribution in [0.4, 0.5) is 5.82 Å². The number of unbranched alkanes of at least 4 members (excludes halogenated alkanes) is 2. The molecule has 1 saturated heterocycles. The van der Waals surface area contributed by atoms with Crippen LogP contribution < -0.4 is 10.2 Å². The van der Waals surface area contributed by atoms with Crippen molar-refractivity contribution < 1.29 is 4.79 Å². The molecule has 1 aromatic heterocycles. The van der Waals surface area contributed by atoms with Crippen molar-refractivity contribution in [1.82, 2.24) is 15.5 Å². The van der Waals surface area contributed by atoms with Gasteiger partial charge in [-0.3, -0.25) is 4.79 Å². The molecule has 3 rings (SSSR count). The van der Waals surface area contributed by atoms with E-state index in [0.717, 1.165) is 56.0 Å². The quantitative estimate of drug-likeness (QED) is 0.753. The highest BCUT2D eigenvalue weighted by molar-refractivity contribution is 5.78. The summed E-state index contributed by atoms with van der Waals surface area (Å²) >= 11 is 0. The average molecular weight is 367 g/mol. The number of hydrogen-bond acceptors (Lipinski definition) is 4. The van der Waals surface area contributed by atoms with Gasteiger partial charge in [-0.25, -0.2) is 0 Å². The van der Waals surface area contributed by atoms with Crippen LogP contribution in [0.2, 0.25) is 0 Å². The van der Waals surface area contributed by atoms with E-state index >= 15 is 0 Å². The SMILES string of the molecule is CCCCCNC(=O)C1CCN(c2ccc(-c3cccc(C)c3)nn2)CC1. The van der Waals surface area contributed by atoms with Crippen LogP contribution >= 0.6 is 0 Å². The van der Waals surface area contributed by atoms with Crippen molar-refractivity contribution in [2.45, 2.75) is 46.0 Å². The fourth-order valence-corrected chi connectivity index (χ4v) is 3.55. The summed E-state index contributed by atoms with van der Waals surface area (Å²) in [5.41, 5.74) is 3.20. The van der Waals surface area contributed by atoms with E-state index in [1.807, 2.05) is 18.2 Å². The number of piperidine rings is 1. The molecule has 0 spiro atoms. The summed E-state index contributed by atoms with van der Waals surface area (Å²) in [6, 6.07) is 12.4. The van der Waals surface area contributed by atoms with Crippen LogP contribution in [0.25, 0.3) is 11.3 Å². The van der Waals surface area contributed by atoms with Crippen LogP contribution in [-0.4, -0.2) is 35.7 Å². The highest BCUT2D eigenvalue weighted by Gasteiger charge is 2.25. The van der Waals surface area contributed by atoms with Crippen LogP contribution in [0.5, 0.6) is 0 Å². The van der Waals surface area contributed by atoms with Gasteiger partial charge >= 0.3 is 0 Å².